The predicted molar refractivity (Wildman–Crippen MR) is 276 cm³/mol. The molecule has 396 valence electrons. The Labute approximate surface area is 414 Å². The largest absolute Gasteiger partial charge is 0.457 e. The van der Waals surface area contributed by atoms with Crippen molar-refractivity contribution in [3.8, 4) is 0 Å². The van der Waals surface area contributed by atoms with Gasteiger partial charge in [0.05, 0.1) is 19.8 Å². The summed E-state index contributed by atoms with van der Waals surface area (Å²) in [5.41, 5.74) is 0. The molecule has 1 aliphatic rings. The van der Waals surface area contributed by atoms with Gasteiger partial charge in [-0.05, 0) is 77.0 Å². The van der Waals surface area contributed by atoms with Crippen LogP contribution < -0.4 is 0 Å². The summed E-state index contributed by atoms with van der Waals surface area (Å²) in [5, 5.41) is 30.8. The Bertz CT molecular complexity index is 1410. The number of carbonyl (C=O) groups is 1. The van der Waals surface area contributed by atoms with E-state index in [9.17, 15) is 33.1 Å². The van der Waals surface area contributed by atoms with Gasteiger partial charge in [-0.15, -0.1) is 0 Å². The fourth-order valence-electron chi connectivity index (χ4n) is 8.07. The molecule has 1 fully saturated rings. The van der Waals surface area contributed by atoms with Crippen molar-refractivity contribution >= 4 is 16.4 Å². The van der Waals surface area contributed by atoms with Crippen molar-refractivity contribution in [2.24, 2.45) is 0 Å². The van der Waals surface area contributed by atoms with Gasteiger partial charge in [0, 0.05) is 13.0 Å². The summed E-state index contributed by atoms with van der Waals surface area (Å²) >= 11 is 0. The Morgan fingerprint density at radius 3 is 1.49 bits per heavy atom. The summed E-state index contributed by atoms with van der Waals surface area (Å²) in [5.74, 6) is -0.409. The van der Waals surface area contributed by atoms with Crippen LogP contribution in [0.2, 0.25) is 0 Å². The molecule has 6 atom stereocenters. The average molecular weight is 983 g/mol. The highest BCUT2D eigenvalue weighted by molar-refractivity contribution is 7.80. The highest BCUT2D eigenvalue weighted by Crippen LogP contribution is 2.26. The van der Waals surface area contributed by atoms with E-state index < -0.39 is 59.8 Å². The Morgan fingerprint density at radius 1 is 0.574 bits per heavy atom. The van der Waals surface area contributed by atoms with Crippen LogP contribution in [0.15, 0.2) is 60.8 Å². The summed E-state index contributed by atoms with van der Waals surface area (Å²) in [6.07, 6.45) is 49.7. The first kappa shape index (κ1) is 63.8. The fraction of sp³-hybridized carbons (Fsp3) is 0.800. The van der Waals surface area contributed by atoms with Crippen molar-refractivity contribution < 1.29 is 56.2 Å². The maximum Gasteiger partial charge on any atom is 0.397 e. The number of carbonyl (C=O) groups excluding carboxylic acids is 1. The Kier molecular flexibility index (Phi) is 43.1. The number of rotatable bonds is 47. The first-order valence-corrected chi connectivity index (χ1v) is 28.4. The molecule has 0 amide bonds. The smallest absolute Gasteiger partial charge is 0.397 e. The molecule has 1 aliphatic heterocycles. The lowest BCUT2D eigenvalue weighted by Gasteiger charge is -2.41. The maximum atomic E-state index is 12.9. The van der Waals surface area contributed by atoms with Crippen LogP contribution in [0.5, 0.6) is 0 Å². The van der Waals surface area contributed by atoms with Crippen molar-refractivity contribution in [3.05, 3.63) is 60.8 Å². The molecular formula is C55H98O12S. The summed E-state index contributed by atoms with van der Waals surface area (Å²) < 4.78 is 59.3. The number of ether oxygens (including phenoxy) is 4. The highest BCUT2D eigenvalue weighted by atomic mass is 32.3. The normalized spacial score (nSPS) is 19.8. The zero-order valence-electron chi connectivity index (χ0n) is 42.7. The number of hydrogen-bond donors (Lipinski definition) is 4. The van der Waals surface area contributed by atoms with Crippen molar-refractivity contribution in [2.45, 2.75) is 256 Å². The topological polar surface area (TPSA) is 178 Å². The summed E-state index contributed by atoms with van der Waals surface area (Å²) in [7, 11) is -5.07. The van der Waals surface area contributed by atoms with Crippen LogP contribution >= 0.6 is 0 Å². The van der Waals surface area contributed by atoms with Gasteiger partial charge in [-0.1, -0.05) is 197 Å². The molecule has 0 aromatic carbocycles. The molecule has 0 aromatic heterocycles. The molecule has 1 heterocycles. The number of allylic oxidation sites excluding steroid dienone is 10. The summed E-state index contributed by atoms with van der Waals surface area (Å²) in [4.78, 5) is 12.9. The monoisotopic (exact) mass is 983 g/mol. The summed E-state index contributed by atoms with van der Waals surface area (Å²) in [6.45, 7) is 3.87. The second-order valence-corrected chi connectivity index (χ2v) is 19.5. The SMILES string of the molecule is CC/C=C\C/C=C\C/C=C\CCCCCCCCCC(=O)OC(COCCCCCCCCCCCCCC/C=C\C/C=C\CCCCCCC)COC1OC(CO)C(O)C(OS(=O)(=O)O)C1O. The molecule has 1 rings (SSSR count). The van der Waals surface area contributed by atoms with E-state index in [-0.39, 0.29) is 19.6 Å². The number of aliphatic hydroxyl groups is 3. The lowest BCUT2D eigenvalue weighted by atomic mass is 9.99. The van der Waals surface area contributed by atoms with Gasteiger partial charge in [-0.3, -0.25) is 9.35 Å². The van der Waals surface area contributed by atoms with Gasteiger partial charge in [-0.25, -0.2) is 4.18 Å². The molecule has 0 saturated carbocycles. The second kappa shape index (κ2) is 45.9. The molecular weight excluding hydrogens is 885 g/mol. The zero-order chi connectivity index (χ0) is 49.6. The third-order valence-electron chi connectivity index (χ3n) is 12.1. The second-order valence-electron chi connectivity index (χ2n) is 18.4. The molecule has 0 radical (unpaired) electrons. The van der Waals surface area contributed by atoms with Gasteiger partial charge >= 0.3 is 16.4 Å². The number of esters is 1. The van der Waals surface area contributed by atoms with Gasteiger partial charge in [0.1, 0.15) is 30.5 Å². The van der Waals surface area contributed by atoms with Gasteiger partial charge in [0.15, 0.2) is 6.29 Å². The van der Waals surface area contributed by atoms with E-state index in [1.165, 1.54) is 116 Å². The minimum atomic E-state index is -5.07. The molecule has 0 aromatic rings. The van der Waals surface area contributed by atoms with E-state index in [2.05, 4.69) is 78.8 Å². The van der Waals surface area contributed by atoms with Crippen molar-refractivity contribution in [1.29, 1.82) is 0 Å². The standard InChI is InChI=1S/C55H98O12S/c1-3-5-7-9-11-13-15-17-19-21-22-23-24-25-26-27-29-31-33-35-37-39-41-43-45-63-47-49(48-64-55-53(59)54(67-68(60,61)62)52(58)50(46-56)66-55)65-51(57)44-42-40-38-36-34-32-30-28-20-18-16-14-12-10-8-6-4-2/h6,8,12,14-15,17-18,20-22,49-50,52-56,58-59H,3-5,7,9-11,13,16,19,23-48H2,1-2H3,(H,60,61,62)/b8-6-,14-12-,17-15-,20-18-,22-21-. The van der Waals surface area contributed by atoms with Crippen LogP contribution in [0, 0.1) is 0 Å². The molecule has 68 heavy (non-hydrogen) atoms. The van der Waals surface area contributed by atoms with E-state index in [4.69, 9.17) is 18.9 Å². The molecule has 0 spiro atoms. The van der Waals surface area contributed by atoms with E-state index in [1.54, 1.807) is 0 Å². The fourth-order valence-corrected chi connectivity index (χ4v) is 8.58. The van der Waals surface area contributed by atoms with Crippen LogP contribution in [0.4, 0.5) is 0 Å². The predicted octanol–water partition coefficient (Wildman–Crippen LogP) is 12.9. The summed E-state index contributed by atoms with van der Waals surface area (Å²) in [6, 6.07) is 0. The van der Waals surface area contributed by atoms with E-state index in [1.807, 2.05) is 0 Å². The third kappa shape index (κ3) is 38.5. The first-order chi connectivity index (χ1) is 33.1. The van der Waals surface area contributed by atoms with E-state index in [0.717, 1.165) is 77.0 Å². The Hall–Kier alpha value is -2.20. The van der Waals surface area contributed by atoms with Crippen LogP contribution in [0.25, 0.3) is 0 Å². The van der Waals surface area contributed by atoms with Gasteiger partial charge in [0.25, 0.3) is 0 Å². The maximum absolute atomic E-state index is 12.9. The number of unbranched alkanes of at least 4 members (excludes halogenated alkanes) is 24. The number of aliphatic hydroxyl groups excluding tert-OH is 3. The quantitative estimate of drug-likeness (QED) is 0.0197. The van der Waals surface area contributed by atoms with Crippen molar-refractivity contribution in [1.82, 2.24) is 0 Å². The van der Waals surface area contributed by atoms with Gasteiger partial charge in [0.2, 0.25) is 0 Å². The molecule has 13 heteroatoms. The first-order valence-electron chi connectivity index (χ1n) is 27.0. The third-order valence-corrected chi connectivity index (χ3v) is 12.6. The van der Waals surface area contributed by atoms with Gasteiger partial charge < -0.3 is 34.3 Å². The Morgan fingerprint density at radius 2 is 1.01 bits per heavy atom. The molecule has 0 bridgehead atoms. The molecule has 12 nitrogen and oxygen atoms in total. The van der Waals surface area contributed by atoms with Crippen LogP contribution in [-0.4, -0.2) is 97.5 Å². The minimum Gasteiger partial charge on any atom is -0.457 e. The van der Waals surface area contributed by atoms with Crippen LogP contribution in [0.3, 0.4) is 0 Å². The molecule has 6 unspecified atom stereocenters. The minimum absolute atomic E-state index is 0.0295. The Balaban J connectivity index is 2.32. The van der Waals surface area contributed by atoms with Crippen molar-refractivity contribution in [3.63, 3.8) is 0 Å². The van der Waals surface area contributed by atoms with E-state index in [0.29, 0.717) is 13.0 Å². The lowest BCUT2D eigenvalue weighted by Crippen LogP contribution is -2.60. The van der Waals surface area contributed by atoms with Crippen molar-refractivity contribution in [2.75, 3.05) is 26.4 Å². The van der Waals surface area contributed by atoms with Gasteiger partial charge in [-0.2, -0.15) is 8.42 Å². The molecule has 1 saturated heterocycles. The molecule has 0 aliphatic carbocycles. The lowest BCUT2D eigenvalue weighted by molar-refractivity contribution is -0.301. The average Bonchev–Trinajstić information content (AvgIpc) is 3.31. The van der Waals surface area contributed by atoms with Crippen LogP contribution in [0.1, 0.15) is 219 Å². The number of hydrogen-bond acceptors (Lipinski definition) is 11. The van der Waals surface area contributed by atoms with E-state index >= 15 is 0 Å². The zero-order valence-corrected chi connectivity index (χ0v) is 43.5. The molecule has 4 N–H and O–H groups in total. The van der Waals surface area contributed by atoms with Crippen LogP contribution in [-0.2, 0) is 38.3 Å². The highest BCUT2D eigenvalue weighted by Gasteiger charge is 2.48.